The largest absolute Gasteiger partial charge is 0.394 e. The Hall–Kier alpha value is -1.41. The number of aliphatic hydroxyl groups is 3. The number of aromatic nitrogens is 1. The molecule has 4 atom stereocenters. The van der Waals surface area contributed by atoms with Crippen LogP contribution >= 0.6 is 22.9 Å². The van der Waals surface area contributed by atoms with Crippen LogP contribution in [0.2, 0.25) is 5.15 Å². The number of aliphatic hydroxyl groups excluding tert-OH is 3. The SMILES string of the molecule is OC[C@H]1O[C@@H](n2c(Cl)c(-c3ccsc3)c3ccccc32)[C@H](O)[C@@H]1O. The fourth-order valence-electron chi connectivity index (χ4n) is 3.26. The highest BCUT2D eigenvalue weighted by molar-refractivity contribution is 7.08. The van der Waals surface area contributed by atoms with E-state index in [0.29, 0.717) is 5.15 Å². The molecule has 7 heteroatoms. The van der Waals surface area contributed by atoms with Gasteiger partial charge in [-0.25, -0.2) is 0 Å². The Labute approximate surface area is 147 Å². The number of para-hydroxylation sites is 1. The topological polar surface area (TPSA) is 74.9 Å². The first-order chi connectivity index (χ1) is 11.6. The Morgan fingerprint density at radius 3 is 2.62 bits per heavy atom. The molecule has 1 aromatic carbocycles. The molecule has 1 aliphatic rings. The van der Waals surface area contributed by atoms with Crippen LogP contribution in [0.15, 0.2) is 41.1 Å². The summed E-state index contributed by atoms with van der Waals surface area (Å²) in [6, 6.07) is 9.65. The van der Waals surface area contributed by atoms with Gasteiger partial charge >= 0.3 is 0 Å². The molecule has 4 rings (SSSR count). The van der Waals surface area contributed by atoms with Crippen molar-refractivity contribution >= 4 is 33.8 Å². The molecule has 1 saturated heterocycles. The molecular weight excluding hydrogens is 350 g/mol. The summed E-state index contributed by atoms with van der Waals surface area (Å²) in [6.07, 6.45) is -4.04. The Bertz CT molecular complexity index is 863. The van der Waals surface area contributed by atoms with Crippen molar-refractivity contribution in [1.29, 1.82) is 0 Å². The van der Waals surface area contributed by atoms with Crippen molar-refractivity contribution in [3.05, 3.63) is 46.2 Å². The van der Waals surface area contributed by atoms with Gasteiger partial charge in [-0.2, -0.15) is 11.3 Å². The summed E-state index contributed by atoms with van der Waals surface area (Å²) in [5, 5.41) is 35.1. The van der Waals surface area contributed by atoms with Gasteiger partial charge in [0, 0.05) is 10.9 Å². The molecule has 1 fully saturated rings. The van der Waals surface area contributed by atoms with Gasteiger partial charge in [0.2, 0.25) is 0 Å². The van der Waals surface area contributed by atoms with Gasteiger partial charge in [0.25, 0.3) is 0 Å². The van der Waals surface area contributed by atoms with E-state index in [9.17, 15) is 15.3 Å². The Morgan fingerprint density at radius 2 is 1.96 bits per heavy atom. The van der Waals surface area contributed by atoms with Crippen molar-refractivity contribution in [2.45, 2.75) is 24.5 Å². The number of nitrogens with zero attached hydrogens (tertiary/aromatic N) is 1. The van der Waals surface area contributed by atoms with Crippen molar-refractivity contribution in [1.82, 2.24) is 4.57 Å². The van der Waals surface area contributed by atoms with Crippen LogP contribution in [0, 0.1) is 0 Å². The van der Waals surface area contributed by atoms with Crippen LogP contribution in [0.3, 0.4) is 0 Å². The molecule has 1 aliphatic heterocycles. The minimum atomic E-state index is -1.18. The second-order valence-corrected chi connectivity index (χ2v) is 6.93. The lowest BCUT2D eigenvalue weighted by atomic mass is 10.1. The number of thiophene rings is 1. The van der Waals surface area contributed by atoms with E-state index in [4.69, 9.17) is 16.3 Å². The average molecular weight is 366 g/mol. The Morgan fingerprint density at radius 1 is 1.17 bits per heavy atom. The molecule has 5 nitrogen and oxygen atoms in total. The minimum Gasteiger partial charge on any atom is -0.394 e. The zero-order valence-corrected chi connectivity index (χ0v) is 14.1. The smallest absolute Gasteiger partial charge is 0.164 e. The van der Waals surface area contributed by atoms with Crippen LogP contribution in [0.1, 0.15) is 6.23 Å². The summed E-state index contributed by atoms with van der Waals surface area (Å²) < 4.78 is 7.36. The lowest BCUT2D eigenvalue weighted by Crippen LogP contribution is -2.33. The molecule has 3 aromatic rings. The quantitative estimate of drug-likeness (QED) is 0.667. The van der Waals surface area contributed by atoms with E-state index >= 15 is 0 Å². The van der Waals surface area contributed by atoms with E-state index in [1.54, 1.807) is 15.9 Å². The minimum absolute atomic E-state index is 0.372. The summed E-state index contributed by atoms with van der Waals surface area (Å²) in [5.74, 6) is 0. The number of rotatable bonds is 3. The van der Waals surface area contributed by atoms with E-state index in [1.807, 2.05) is 41.1 Å². The maximum absolute atomic E-state index is 10.4. The standard InChI is InChI=1S/C17H16ClNO4S/c18-16-13(9-5-6-24-8-9)10-3-1-2-4-11(10)19(16)17-15(22)14(21)12(7-20)23-17/h1-6,8,12,14-15,17,20-22H,7H2/t12-,14-,15-,17-/m1/s1. The number of benzene rings is 1. The van der Waals surface area contributed by atoms with Crippen LogP contribution in [0.25, 0.3) is 22.0 Å². The van der Waals surface area contributed by atoms with Gasteiger partial charge in [0.1, 0.15) is 23.5 Å². The summed E-state index contributed by atoms with van der Waals surface area (Å²) >= 11 is 8.24. The predicted octanol–water partition coefficient (Wildman–Crippen LogP) is 2.63. The van der Waals surface area contributed by atoms with Crippen LogP contribution < -0.4 is 0 Å². The van der Waals surface area contributed by atoms with E-state index < -0.39 is 24.5 Å². The van der Waals surface area contributed by atoms with Gasteiger partial charge in [-0.3, -0.25) is 0 Å². The van der Waals surface area contributed by atoms with Crippen LogP contribution in [-0.4, -0.2) is 44.8 Å². The second-order valence-electron chi connectivity index (χ2n) is 5.79. The lowest BCUT2D eigenvalue weighted by molar-refractivity contribution is -0.0504. The van der Waals surface area contributed by atoms with Crippen molar-refractivity contribution in [3.8, 4) is 11.1 Å². The number of ether oxygens (including phenoxy) is 1. The third-order valence-corrected chi connectivity index (χ3v) is 5.49. The van der Waals surface area contributed by atoms with Crippen molar-refractivity contribution in [2.24, 2.45) is 0 Å². The Kier molecular flexibility index (Phi) is 4.12. The number of halogens is 1. The van der Waals surface area contributed by atoms with Gasteiger partial charge in [0.05, 0.1) is 12.1 Å². The molecule has 0 amide bonds. The van der Waals surface area contributed by atoms with Gasteiger partial charge in [-0.15, -0.1) is 0 Å². The third kappa shape index (κ3) is 2.30. The highest BCUT2D eigenvalue weighted by Crippen LogP contribution is 2.43. The molecule has 3 N–H and O–H groups in total. The molecule has 0 aliphatic carbocycles. The zero-order chi connectivity index (χ0) is 16.8. The van der Waals surface area contributed by atoms with Crippen molar-refractivity contribution in [2.75, 3.05) is 6.61 Å². The number of hydrogen-bond acceptors (Lipinski definition) is 5. The molecule has 0 spiro atoms. The van der Waals surface area contributed by atoms with Crippen LogP contribution in [0.5, 0.6) is 0 Å². The lowest BCUT2D eigenvalue weighted by Gasteiger charge is -2.19. The van der Waals surface area contributed by atoms with E-state index in [1.165, 1.54) is 0 Å². The Balaban J connectivity index is 1.92. The fraction of sp³-hybridized carbons (Fsp3) is 0.294. The maximum atomic E-state index is 10.4. The molecule has 24 heavy (non-hydrogen) atoms. The van der Waals surface area contributed by atoms with Gasteiger partial charge < -0.3 is 24.6 Å². The second kappa shape index (κ2) is 6.15. The van der Waals surface area contributed by atoms with Crippen molar-refractivity contribution < 1.29 is 20.1 Å². The normalized spacial score (nSPS) is 27.2. The molecule has 0 saturated carbocycles. The zero-order valence-electron chi connectivity index (χ0n) is 12.5. The van der Waals surface area contributed by atoms with E-state index in [-0.39, 0.29) is 6.61 Å². The fourth-order valence-corrected chi connectivity index (χ4v) is 4.30. The van der Waals surface area contributed by atoms with E-state index in [0.717, 1.165) is 22.0 Å². The highest BCUT2D eigenvalue weighted by Gasteiger charge is 2.44. The maximum Gasteiger partial charge on any atom is 0.164 e. The summed E-state index contributed by atoms with van der Waals surface area (Å²) in [5.41, 5.74) is 2.66. The molecule has 2 aromatic heterocycles. The number of fused-ring (bicyclic) bond motifs is 1. The molecule has 0 bridgehead atoms. The predicted molar refractivity (Wildman–Crippen MR) is 93.3 cm³/mol. The van der Waals surface area contributed by atoms with E-state index in [2.05, 4.69) is 0 Å². The van der Waals surface area contributed by atoms with Crippen LogP contribution in [0.4, 0.5) is 0 Å². The van der Waals surface area contributed by atoms with Gasteiger partial charge in [0.15, 0.2) is 6.23 Å². The van der Waals surface area contributed by atoms with Crippen LogP contribution in [-0.2, 0) is 4.74 Å². The number of hydrogen-bond donors (Lipinski definition) is 3. The summed E-state index contributed by atoms with van der Waals surface area (Å²) in [4.78, 5) is 0. The monoisotopic (exact) mass is 365 g/mol. The first-order valence-electron chi connectivity index (χ1n) is 7.57. The molecule has 3 heterocycles. The molecule has 0 radical (unpaired) electrons. The third-order valence-electron chi connectivity index (χ3n) is 4.43. The summed E-state index contributed by atoms with van der Waals surface area (Å²) in [6.45, 7) is -0.372. The van der Waals surface area contributed by atoms with Crippen molar-refractivity contribution in [3.63, 3.8) is 0 Å². The first-order valence-corrected chi connectivity index (χ1v) is 8.89. The molecule has 126 valence electrons. The highest BCUT2D eigenvalue weighted by atomic mass is 35.5. The average Bonchev–Trinajstić information content (AvgIpc) is 3.27. The summed E-state index contributed by atoms with van der Waals surface area (Å²) in [7, 11) is 0. The first kappa shape index (κ1) is 16.1. The molecular formula is C17H16ClNO4S. The molecule has 0 unspecified atom stereocenters. The van der Waals surface area contributed by atoms with Gasteiger partial charge in [-0.05, 0) is 28.5 Å². The van der Waals surface area contributed by atoms with Gasteiger partial charge in [-0.1, -0.05) is 29.8 Å².